The van der Waals surface area contributed by atoms with E-state index >= 15 is 0 Å². The molecule has 184 valence electrons. The predicted octanol–water partition coefficient (Wildman–Crippen LogP) is 2.82. The van der Waals surface area contributed by atoms with Gasteiger partial charge in [-0.1, -0.05) is 12.1 Å². The molecule has 3 aliphatic heterocycles. The highest BCUT2D eigenvalue weighted by Crippen LogP contribution is 2.42. The Morgan fingerprint density at radius 2 is 1.94 bits per heavy atom. The van der Waals surface area contributed by atoms with Crippen molar-refractivity contribution in [3.05, 3.63) is 29.8 Å². The molecule has 0 radical (unpaired) electrons. The van der Waals surface area contributed by atoms with Crippen LogP contribution in [0.25, 0.3) is 0 Å². The van der Waals surface area contributed by atoms with Gasteiger partial charge in [-0.15, -0.1) is 17.4 Å². The third-order valence-electron chi connectivity index (χ3n) is 6.93. The molecule has 3 saturated heterocycles. The second-order valence-corrected chi connectivity index (χ2v) is 12.3. The largest absolute Gasteiger partial charge is 0.614 e. The SMILES string of the molecule is CC1(C)C(=O)N(CC2CCOCC2)[C@H]2CN(Cc3cccc(OC(F)(F)F)c3)C[C@H]2[S+]1(=O)[O-]. The highest BCUT2D eigenvalue weighted by molar-refractivity contribution is 8.00. The Balaban J connectivity index is 1.54. The summed E-state index contributed by atoms with van der Waals surface area (Å²) < 4.78 is 72.3. The smallest absolute Gasteiger partial charge is 0.573 e. The molecule has 7 nitrogen and oxygen atoms in total. The molecular formula is C22H29F3N2O5S. The molecule has 3 aliphatic rings. The van der Waals surface area contributed by atoms with Gasteiger partial charge in [-0.3, -0.25) is 9.69 Å². The van der Waals surface area contributed by atoms with Gasteiger partial charge < -0.3 is 18.9 Å². The number of fused-ring (bicyclic) bond motifs is 1. The van der Waals surface area contributed by atoms with Gasteiger partial charge in [0.05, 0.1) is 16.3 Å². The molecule has 3 heterocycles. The van der Waals surface area contributed by atoms with Gasteiger partial charge >= 0.3 is 6.36 Å². The van der Waals surface area contributed by atoms with E-state index in [0.717, 1.165) is 12.8 Å². The number of alkyl halides is 3. The van der Waals surface area contributed by atoms with Crippen LogP contribution < -0.4 is 4.74 Å². The van der Waals surface area contributed by atoms with Crippen LogP contribution >= 0.6 is 0 Å². The second-order valence-electron chi connectivity index (χ2n) is 9.56. The quantitative estimate of drug-likeness (QED) is 0.591. The molecule has 0 aliphatic carbocycles. The number of nitrogens with zero attached hydrogens (tertiary/aromatic N) is 2. The zero-order valence-electron chi connectivity index (χ0n) is 18.7. The van der Waals surface area contributed by atoms with Crippen LogP contribution in [-0.4, -0.2) is 75.5 Å². The van der Waals surface area contributed by atoms with E-state index in [1.54, 1.807) is 11.0 Å². The molecule has 1 amide bonds. The molecule has 0 N–H and O–H groups in total. The Hall–Kier alpha value is -1.69. The topological polar surface area (TPSA) is 82.1 Å². The van der Waals surface area contributed by atoms with Crippen molar-refractivity contribution in [2.75, 3.05) is 32.8 Å². The van der Waals surface area contributed by atoms with E-state index in [4.69, 9.17) is 4.74 Å². The minimum absolute atomic E-state index is 0.221. The first-order valence-electron chi connectivity index (χ1n) is 11.1. The third-order valence-corrected chi connectivity index (χ3v) is 9.79. The molecule has 3 atom stereocenters. The van der Waals surface area contributed by atoms with Crippen LogP contribution in [-0.2, 0) is 30.5 Å². The number of carbonyl (C=O) groups excluding carboxylic acids is 1. The van der Waals surface area contributed by atoms with E-state index < -0.39 is 32.6 Å². The molecule has 0 bridgehead atoms. The van der Waals surface area contributed by atoms with E-state index in [1.165, 1.54) is 32.0 Å². The van der Waals surface area contributed by atoms with Crippen LogP contribution in [0.3, 0.4) is 0 Å². The normalized spacial score (nSPS) is 31.0. The number of ether oxygens (including phenoxy) is 2. The van der Waals surface area contributed by atoms with Crippen LogP contribution in [0.1, 0.15) is 32.3 Å². The van der Waals surface area contributed by atoms with Crippen molar-refractivity contribution in [2.45, 2.75) is 55.6 Å². The molecule has 1 unspecified atom stereocenters. The average molecular weight is 491 g/mol. The van der Waals surface area contributed by atoms with Gasteiger partial charge in [-0.05, 0) is 50.3 Å². The molecule has 0 spiro atoms. The number of amides is 1. The van der Waals surface area contributed by atoms with Crippen molar-refractivity contribution in [3.63, 3.8) is 0 Å². The van der Waals surface area contributed by atoms with Gasteiger partial charge in [-0.2, -0.15) is 0 Å². The van der Waals surface area contributed by atoms with Crippen LogP contribution in [0, 0.1) is 5.92 Å². The van der Waals surface area contributed by atoms with Crippen molar-refractivity contribution in [2.24, 2.45) is 5.92 Å². The third kappa shape index (κ3) is 4.91. The summed E-state index contributed by atoms with van der Waals surface area (Å²) in [7, 11) is -3.75. The van der Waals surface area contributed by atoms with E-state index in [2.05, 4.69) is 4.74 Å². The molecule has 4 rings (SSSR count). The van der Waals surface area contributed by atoms with Crippen molar-refractivity contribution >= 4 is 16.1 Å². The van der Waals surface area contributed by atoms with Gasteiger partial charge in [0.2, 0.25) is 4.75 Å². The lowest BCUT2D eigenvalue weighted by Gasteiger charge is -2.48. The lowest BCUT2D eigenvalue weighted by atomic mass is 9.97. The maximum atomic E-state index is 13.3. The molecule has 0 aromatic heterocycles. The summed E-state index contributed by atoms with van der Waals surface area (Å²) in [6.07, 6.45) is -3.14. The first-order chi connectivity index (χ1) is 15.4. The molecule has 33 heavy (non-hydrogen) atoms. The number of benzene rings is 1. The highest BCUT2D eigenvalue weighted by atomic mass is 32.3. The number of carbonyl (C=O) groups is 1. The summed E-state index contributed by atoms with van der Waals surface area (Å²) >= 11 is 0. The van der Waals surface area contributed by atoms with E-state index in [9.17, 15) is 26.7 Å². The molecule has 3 fully saturated rings. The Morgan fingerprint density at radius 1 is 1.24 bits per heavy atom. The Kier molecular flexibility index (Phi) is 6.54. The minimum atomic E-state index is -4.79. The highest BCUT2D eigenvalue weighted by Gasteiger charge is 2.63. The van der Waals surface area contributed by atoms with Crippen molar-refractivity contribution in [3.8, 4) is 5.75 Å². The van der Waals surface area contributed by atoms with Crippen molar-refractivity contribution in [1.29, 1.82) is 0 Å². The lowest BCUT2D eigenvalue weighted by Crippen LogP contribution is -2.68. The fraction of sp³-hybridized carbons (Fsp3) is 0.682. The van der Waals surface area contributed by atoms with Crippen LogP contribution in [0.4, 0.5) is 13.2 Å². The Bertz CT molecular complexity index is 935. The van der Waals surface area contributed by atoms with Crippen molar-refractivity contribution < 1.29 is 36.2 Å². The molecule has 1 aromatic carbocycles. The summed E-state index contributed by atoms with van der Waals surface area (Å²) in [6, 6.07) is 5.20. The Morgan fingerprint density at radius 3 is 2.61 bits per heavy atom. The monoisotopic (exact) mass is 490 g/mol. The fourth-order valence-corrected chi connectivity index (χ4v) is 7.26. The molecule has 1 aromatic rings. The van der Waals surface area contributed by atoms with Gasteiger partial charge in [0.15, 0.2) is 5.25 Å². The first-order valence-corrected chi connectivity index (χ1v) is 12.6. The first kappa shape index (κ1) is 24.4. The summed E-state index contributed by atoms with van der Waals surface area (Å²) in [5.74, 6) is -0.440. The average Bonchev–Trinajstić information content (AvgIpc) is 3.15. The number of likely N-dealkylation sites (tertiary alicyclic amines) is 1. The zero-order chi connectivity index (χ0) is 24.0. The number of halogens is 3. The molecule has 0 saturated carbocycles. The summed E-state index contributed by atoms with van der Waals surface area (Å²) in [5, 5.41) is -0.736. The summed E-state index contributed by atoms with van der Waals surface area (Å²) in [4.78, 5) is 16.9. The van der Waals surface area contributed by atoms with E-state index in [0.29, 0.717) is 31.9 Å². The lowest BCUT2D eigenvalue weighted by molar-refractivity contribution is -0.274. The minimum Gasteiger partial charge on any atom is -0.614 e. The fourth-order valence-electron chi connectivity index (χ4n) is 5.09. The van der Waals surface area contributed by atoms with E-state index in [-0.39, 0.29) is 30.7 Å². The molecule has 11 heteroatoms. The van der Waals surface area contributed by atoms with Gasteiger partial charge in [0, 0.05) is 39.4 Å². The Labute approximate surface area is 192 Å². The number of hydrogen-bond acceptors (Lipinski definition) is 6. The van der Waals surface area contributed by atoms with Gasteiger partial charge in [0.1, 0.15) is 5.75 Å². The number of sulfone groups is 1. The van der Waals surface area contributed by atoms with E-state index in [1.807, 2.05) is 4.90 Å². The number of rotatable bonds is 5. The standard InChI is InChI=1S/C22H29F3N2O5S/c1-21(2)20(28)27(12-15-6-8-31-9-7-15)18-13-26(14-19(18)33(21,29)30)11-16-4-3-5-17(10-16)32-22(23,24)25/h3-5,10,15,18-19H,6-9,11-14H2,1-2H3/t18-,19+/m0/s1. The maximum Gasteiger partial charge on any atom is 0.573 e. The second kappa shape index (κ2) is 8.83. The zero-order valence-corrected chi connectivity index (χ0v) is 19.5. The van der Waals surface area contributed by atoms with Crippen molar-refractivity contribution in [1.82, 2.24) is 9.80 Å². The maximum absolute atomic E-state index is 13.3. The molecular weight excluding hydrogens is 461 g/mol. The van der Waals surface area contributed by atoms with Gasteiger partial charge in [0.25, 0.3) is 5.91 Å². The van der Waals surface area contributed by atoms with Crippen LogP contribution in [0.5, 0.6) is 5.75 Å². The predicted molar refractivity (Wildman–Crippen MR) is 114 cm³/mol. The van der Waals surface area contributed by atoms with Crippen LogP contribution in [0.2, 0.25) is 0 Å². The summed E-state index contributed by atoms with van der Waals surface area (Å²) in [6.45, 7) is 5.52. The number of hydrogen-bond donors (Lipinski definition) is 0. The van der Waals surface area contributed by atoms with Gasteiger partial charge in [-0.25, -0.2) is 0 Å². The van der Waals surface area contributed by atoms with Crippen LogP contribution in [0.15, 0.2) is 24.3 Å². The summed E-state index contributed by atoms with van der Waals surface area (Å²) in [5.41, 5.74) is 0.578.